The lowest BCUT2D eigenvalue weighted by Gasteiger charge is -2.25. The van der Waals surface area contributed by atoms with Gasteiger partial charge in [-0.2, -0.15) is 0 Å². The lowest BCUT2D eigenvalue weighted by molar-refractivity contribution is 0.415. The summed E-state index contributed by atoms with van der Waals surface area (Å²) in [6.45, 7) is 5.50. The van der Waals surface area contributed by atoms with Crippen molar-refractivity contribution in [2.75, 3.05) is 12.0 Å². The molecule has 4 aromatic rings. The summed E-state index contributed by atoms with van der Waals surface area (Å²) in [5, 5.41) is 0.993. The zero-order valence-electron chi connectivity index (χ0n) is 18.3. The van der Waals surface area contributed by atoms with Gasteiger partial charge in [0.1, 0.15) is 5.75 Å². The third-order valence-electron chi connectivity index (χ3n) is 5.70. The summed E-state index contributed by atoms with van der Waals surface area (Å²) >= 11 is 0. The van der Waals surface area contributed by atoms with Crippen LogP contribution in [0.1, 0.15) is 29.2 Å². The van der Waals surface area contributed by atoms with Crippen LogP contribution in [-0.2, 0) is 19.5 Å². The topological polar surface area (TPSA) is 45.3 Å². The van der Waals surface area contributed by atoms with Gasteiger partial charge in [-0.15, -0.1) is 0 Å². The van der Waals surface area contributed by atoms with Gasteiger partial charge in [-0.25, -0.2) is 0 Å². The maximum absolute atomic E-state index is 12.9. The smallest absolute Gasteiger partial charge is 0.253 e. The van der Waals surface area contributed by atoms with Crippen LogP contribution in [0.3, 0.4) is 0 Å². The van der Waals surface area contributed by atoms with Crippen molar-refractivity contribution in [2.45, 2.75) is 33.4 Å². The Hall–Kier alpha value is -3.53. The van der Waals surface area contributed by atoms with E-state index in [-0.39, 0.29) is 5.56 Å². The van der Waals surface area contributed by atoms with Crippen LogP contribution in [0.15, 0.2) is 77.6 Å². The second-order valence-electron chi connectivity index (χ2n) is 7.94. The monoisotopic (exact) mass is 412 g/mol. The molecule has 0 aliphatic carbocycles. The number of H-pyrrole nitrogens is 1. The maximum Gasteiger partial charge on any atom is 0.253 e. The van der Waals surface area contributed by atoms with Crippen molar-refractivity contribution in [3.63, 3.8) is 0 Å². The van der Waals surface area contributed by atoms with Crippen LogP contribution in [0.25, 0.3) is 10.9 Å². The van der Waals surface area contributed by atoms with Crippen molar-refractivity contribution in [1.82, 2.24) is 4.98 Å². The predicted octanol–water partition coefficient (Wildman–Crippen LogP) is 5.61. The summed E-state index contributed by atoms with van der Waals surface area (Å²) in [4.78, 5) is 18.1. The Bertz CT molecular complexity index is 1230. The molecule has 0 saturated carbocycles. The van der Waals surface area contributed by atoms with E-state index in [1.165, 1.54) is 16.7 Å². The van der Waals surface area contributed by atoms with Crippen LogP contribution in [-0.4, -0.2) is 12.1 Å². The van der Waals surface area contributed by atoms with Crippen molar-refractivity contribution in [3.8, 4) is 5.75 Å². The molecular formula is C27H28N2O2. The highest BCUT2D eigenvalue weighted by atomic mass is 16.5. The Labute approximate surface area is 183 Å². The van der Waals surface area contributed by atoms with Gasteiger partial charge in [-0.3, -0.25) is 4.79 Å². The minimum Gasteiger partial charge on any atom is -0.497 e. The van der Waals surface area contributed by atoms with Crippen LogP contribution in [0, 0.1) is 6.92 Å². The lowest BCUT2D eigenvalue weighted by atomic mass is 10.1. The average molecular weight is 413 g/mol. The average Bonchev–Trinajstić information content (AvgIpc) is 2.80. The van der Waals surface area contributed by atoms with E-state index in [1.807, 2.05) is 24.3 Å². The van der Waals surface area contributed by atoms with E-state index in [4.69, 9.17) is 4.74 Å². The molecule has 0 saturated heterocycles. The van der Waals surface area contributed by atoms with E-state index in [9.17, 15) is 4.79 Å². The molecule has 0 unspecified atom stereocenters. The Morgan fingerprint density at radius 3 is 2.26 bits per heavy atom. The van der Waals surface area contributed by atoms with Crippen LogP contribution in [0.4, 0.5) is 5.69 Å². The standard InChI is InChI=1S/C27H28N2O2/c1-4-20-9-12-24(13-10-20)29(17-21-7-5-19(2)6-8-21)18-23-15-22-11-14-25(31-3)16-26(22)28-27(23)30/h5-16H,4,17-18H2,1-3H3,(H,28,30). The number of aromatic amines is 1. The quantitative estimate of drug-likeness (QED) is 0.429. The van der Waals surface area contributed by atoms with Gasteiger partial charge >= 0.3 is 0 Å². The van der Waals surface area contributed by atoms with Crippen LogP contribution in [0.5, 0.6) is 5.75 Å². The van der Waals surface area contributed by atoms with Gasteiger partial charge in [-0.05, 0) is 60.2 Å². The van der Waals surface area contributed by atoms with Crippen molar-refractivity contribution in [2.24, 2.45) is 0 Å². The molecule has 0 bridgehead atoms. The predicted molar refractivity (Wildman–Crippen MR) is 128 cm³/mol. The number of anilines is 1. The van der Waals surface area contributed by atoms with Crippen LogP contribution >= 0.6 is 0 Å². The van der Waals surface area contributed by atoms with Gasteiger partial charge in [-0.1, -0.05) is 48.9 Å². The van der Waals surface area contributed by atoms with Crippen LogP contribution in [0.2, 0.25) is 0 Å². The number of fused-ring (bicyclic) bond motifs is 1. The molecule has 0 fully saturated rings. The first-order chi connectivity index (χ1) is 15.1. The number of benzene rings is 3. The molecule has 1 N–H and O–H groups in total. The highest BCUT2D eigenvalue weighted by molar-refractivity contribution is 5.80. The van der Waals surface area contributed by atoms with E-state index in [1.54, 1.807) is 7.11 Å². The molecule has 4 heteroatoms. The number of nitrogens with zero attached hydrogens (tertiary/aromatic N) is 1. The zero-order chi connectivity index (χ0) is 21.8. The molecule has 0 radical (unpaired) electrons. The largest absolute Gasteiger partial charge is 0.497 e. The van der Waals surface area contributed by atoms with Crippen molar-refractivity contribution in [1.29, 1.82) is 0 Å². The molecule has 0 atom stereocenters. The normalized spacial score (nSPS) is 10.9. The summed E-state index contributed by atoms with van der Waals surface area (Å²) < 4.78 is 5.28. The summed E-state index contributed by atoms with van der Waals surface area (Å²) in [6.07, 6.45) is 1.01. The van der Waals surface area contributed by atoms with Gasteiger partial charge in [0.25, 0.3) is 5.56 Å². The molecular weight excluding hydrogens is 384 g/mol. The SMILES string of the molecule is CCc1ccc(N(Cc2ccc(C)cc2)Cc2cc3ccc(OC)cc3[nH]c2=O)cc1. The molecule has 3 aromatic carbocycles. The number of rotatable bonds is 7. The molecule has 1 aromatic heterocycles. The second-order valence-corrected chi connectivity index (χ2v) is 7.94. The number of hydrogen-bond acceptors (Lipinski definition) is 3. The minimum atomic E-state index is -0.0696. The number of hydrogen-bond donors (Lipinski definition) is 1. The van der Waals surface area contributed by atoms with Gasteiger partial charge < -0.3 is 14.6 Å². The van der Waals surface area contributed by atoms with E-state index < -0.39 is 0 Å². The first-order valence-electron chi connectivity index (χ1n) is 10.6. The number of pyridine rings is 1. The van der Waals surface area contributed by atoms with Gasteiger partial charge in [0.2, 0.25) is 0 Å². The first-order valence-corrected chi connectivity index (χ1v) is 10.6. The fraction of sp³-hybridized carbons (Fsp3) is 0.222. The Balaban J connectivity index is 1.69. The Kier molecular flexibility index (Phi) is 6.08. The fourth-order valence-electron chi connectivity index (χ4n) is 3.77. The summed E-state index contributed by atoms with van der Waals surface area (Å²) in [6, 6.07) is 24.9. The minimum absolute atomic E-state index is 0.0696. The summed E-state index contributed by atoms with van der Waals surface area (Å²) in [5.74, 6) is 0.730. The molecule has 0 aliphatic heterocycles. The lowest BCUT2D eigenvalue weighted by Crippen LogP contribution is -2.26. The molecule has 0 spiro atoms. The molecule has 0 aliphatic rings. The zero-order valence-corrected chi connectivity index (χ0v) is 18.3. The molecule has 4 rings (SSSR count). The molecule has 1 heterocycles. The number of nitrogens with one attached hydrogen (secondary N) is 1. The number of ether oxygens (including phenoxy) is 1. The molecule has 31 heavy (non-hydrogen) atoms. The number of aromatic nitrogens is 1. The highest BCUT2D eigenvalue weighted by Gasteiger charge is 2.12. The summed E-state index contributed by atoms with van der Waals surface area (Å²) in [7, 11) is 1.63. The molecule has 4 nitrogen and oxygen atoms in total. The van der Waals surface area contributed by atoms with E-state index in [2.05, 4.69) is 72.3 Å². The number of aryl methyl sites for hydroxylation is 2. The van der Waals surface area contributed by atoms with Crippen LogP contribution < -0.4 is 15.2 Å². The fourth-order valence-corrected chi connectivity index (χ4v) is 3.77. The van der Waals surface area contributed by atoms with E-state index >= 15 is 0 Å². The first kappa shape index (κ1) is 20.7. The molecule has 0 amide bonds. The second kappa shape index (κ2) is 9.09. The molecule has 158 valence electrons. The van der Waals surface area contributed by atoms with Crippen molar-refractivity contribution < 1.29 is 4.74 Å². The third-order valence-corrected chi connectivity index (χ3v) is 5.70. The van der Waals surface area contributed by atoms with E-state index in [0.29, 0.717) is 6.54 Å². The Morgan fingerprint density at radius 1 is 0.871 bits per heavy atom. The van der Waals surface area contributed by atoms with Crippen molar-refractivity contribution >= 4 is 16.6 Å². The maximum atomic E-state index is 12.9. The highest BCUT2D eigenvalue weighted by Crippen LogP contribution is 2.23. The van der Waals surface area contributed by atoms with Gasteiger partial charge in [0.05, 0.1) is 12.6 Å². The van der Waals surface area contributed by atoms with E-state index in [0.717, 1.165) is 40.9 Å². The van der Waals surface area contributed by atoms with Gasteiger partial charge in [0.15, 0.2) is 0 Å². The van der Waals surface area contributed by atoms with Crippen molar-refractivity contribution in [3.05, 3.63) is 105 Å². The third kappa shape index (κ3) is 4.80. The Morgan fingerprint density at radius 2 is 1.58 bits per heavy atom. The number of methoxy groups -OCH3 is 1. The summed E-state index contributed by atoms with van der Waals surface area (Å²) in [5.41, 5.74) is 6.31. The van der Waals surface area contributed by atoms with Gasteiger partial charge in [0, 0.05) is 30.4 Å².